The van der Waals surface area contributed by atoms with Crippen LogP contribution >= 0.6 is 11.3 Å². The molecule has 0 saturated carbocycles. The Morgan fingerprint density at radius 2 is 2.33 bits per heavy atom. The van der Waals surface area contributed by atoms with Crippen LogP contribution in [0.3, 0.4) is 0 Å². The predicted octanol–water partition coefficient (Wildman–Crippen LogP) is 0.202. The van der Waals surface area contributed by atoms with Gasteiger partial charge in [0, 0.05) is 25.6 Å². The van der Waals surface area contributed by atoms with Crippen molar-refractivity contribution in [2.45, 2.75) is 13.0 Å². The molecule has 1 unspecified atom stereocenters. The van der Waals surface area contributed by atoms with Crippen molar-refractivity contribution < 1.29 is 9.59 Å². The van der Waals surface area contributed by atoms with Gasteiger partial charge in [-0.05, 0) is 18.4 Å². The summed E-state index contributed by atoms with van der Waals surface area (Å²) >= 11 is 1.36. The SMILES string of the molecule is CC(NC(=O)c1cccs1)C(=O)NCC1CNC1. The molecular formula is C12H17N3O2S. The highest BCUT2D eigenvalue weighted by Gasteiger charge is 2.20. The van der Waals surface area contributed by atoms with Gasteiger partial charge in [-0.3, -0.25) is 9.59 Å². The van der Waals surface area contributed by atoms with Crippen molar-refractivity contribution in [1.82, 2.24) is 16.0 Å². The zero-order chi connectivity index (χ0) is 13.0. The third kappa shape index (κ3) is 3.30. The van der Waals surface area contributed by atoms with E-state index in [9.17, 15) is 9.59 Å². The molecule has 1 aliphatic heterocycles. The molecule has 2 rings (SSSR count). The molecule has 0 bridgehead atoms. The molecule has 6 heteroatoms. The van der Waals surface area contributed by atoms with Crippen LogP contribution in [0.2, 0.25) is 0 Å². The third-order valence-electron chi connectivity index (χ3n) is 2.92. The van der Waals surface area contributed by atoms with Crippen LogP contribution in [0.4, 0.5) is 0 Å². The molecule has 1 aromatic heterocycles. The lowest BCUT2D eigenvalue weighted by Crippen LogP contribution is -2.51. The highest BCUT2D eigenvalue weighted by molar-refractivity contribution is 7.12. The first-order valence-corrected chi connectivity index (χ1v) is 6.87. The molecule has 1 fully saturated rings. The van der Waals surface area contributed by atoms with Crippen molar-refractivity contribution in [1.29, 1.82) is 0 Å². The van der Waals surface area contributed by atoms with Crippen LogP contribution in [0.15, 0.2) is 17.5 Å². The summed E-state index contributed by atoms with van der Waals surface area (Å²) in [7, 11) is 0. The van der Waals surface area contributed by atoms with E-state index in [4.69, 9.17) is 0 Å². The van der Waals surface area contributed by atoms with E-state index in [2.05, 4.69) is 16.0 Å². The second-order valence-corrected chi connectivity index (χ2v) is 5.39. The van der Waals surface area contributed by atoms with Gasteiger partial charge in [0.2, 0.25) is 5.91 Å². The van der Waals surface area contributed by atoms with Crippen molar-refractivity contribution in [2.24, 2.45) is 5.92 Å². The zero-order valence-corrected chi connectivity index (χ0v) is 11.0. The Labute approximate surface area is 110 Å². The quantitative estimate of drug-likeness (QED) is 0.714. The summed E-state index contributed by atoms with van der Waals surface area (Å²) in [6, 6.07) is 3.05. The topological polar surface area (TPSA) is 70.2 Å². The van der Waals surface area contributed by atoms with Crippen molar-refractivity contribution in [3.8, 4) is 0 Å². The number of rotatable bonds is 5. The lowest BCUT2D eigenvalue weighted by molar-refractivity contribution is -0.122. The average molecular weight is 267 g/mol. The van der Waals surface area contributed by atoms with Gasteiger partial charge in [0.25, 0.3) is 5.91 Å². The summed E-state index contributed by atoms with van der Waals surface area (Å²) in [5.74, 6) is 0.193. The average Bonchev–Trinajstić information content (AvgIpc) is 2.79. The lowest BCUT2D eigenvalue weighted by Gasteiger charge is -2.27. The minimum Gasteiger partial charge on any atom is -0.354 e. The molecule has 0 aromatic carbocycles. The number of thiophene rings is 1. The number of carbonyl (C=O) groups is 2. The maximum atomic E-state index is 11.7. The number of amides is 2. The van der Waals surface area contributed by atoms with Gasteiger partial charge in [-0.25, -0.2) is 0 Å². The molecule has 0 radical (unpaired) electrons. The fraction of sp³-hybridized carbons (Fsp3) is 0.500. The van der Waals surface area contributed by atoms with E-state index in [0.29, 0.717) is 17.3 Å². The molecule has 0 aliphatic carbocycles. The minimum atomic E-state index is -0.507. The summed E-state index contributed by atoms with van der Waals surface area (Å²) in [6.07, 6.45) is 0. The summed E-state index contributed by atoms with van der Waals surface area (Å²) in [4.78, 5) is 24.1. The van der Waals surface area contributed by atoms with E-state index in [1.807, 2.05) is 11.4 Å². The molecule has 1 aromatic rings. The Bertz CT molecular complexity index is 415. The third-order valence-corrected chi connectivity index (χ3v) is 3.79. The maximum Gasteiger partial charge on any atom is 0.261 e. The molecule has 18 heavy (non-hydrogen) atoms. The Kier molecular flexibility index (Phi) is 4.33. The van der Waals surface area contributed by atoms with Gasteiger partial charge in [0.1, 0.15) is 6.04 Å². The van der Waals surface area contributed by atoms with Crippen LogP contribution < -0.4 is 16.0 Å². The second-order valence-electron chi connectivity index (χ2n) is 4.44. The molecule has 3 N–H and O–H groups in total. The van der Waals surface area contributed by atoms with E-state index in [1.165, 1.54) is 11.3 Å². The Balaban J connectivity index is 1.74. The van der Waals surface area contributed by atoms with Crippen LogP contribution in [0.25, 0.3) is 0 Å². The normalized spacial score (nSPS) is 16.7. The zero-order valence-electron chi connectivity index (χ0n) is 10.2. The molecule has 98 valence electrons. The minimum absolute atomic E-state index is 0.133. The Hall–Kier alpha value is -1.40. The summed E-state index contributed by atoms with van der Waals surface area (Å²) in [6.45, 7) is 4.28. The number of nitrogens with one attached hydrogen (secondary N) is 3. The molecule has 1 saturated heterocycles. The van der Waals surface area contributed by atoms with Crippen LogP contribution in [0.1, 0.15) is 16.6 Å². The molecule has 2 heterocycles. The van der Waals surface area contributed by atoms with Gasteiger partial charge in [0.15, 0.2) is 0 Å². The number of hydrogen-bond acceptors (Lipinski definition) is 4. The fourth-order valence-corrected chi connectivity index (χ4v) is 2.26. The first-order chi connectivity index (χ1) is 8.66. The first kappa shape index (κ1) is 13.0. The van der Waals surface area contributed by atoms with Gasteiger partial charge >= 0.3 is 0 Å². The molecular weight excluding hydrogens is 250 g/mol. The summed E-state index contributed by atoms with van der Waals surface area (Å²) in [5.41, 5.74) is 0. The van der Waals surface area contributed by atoms with Gasteiger partial charge in [-0.1, -0.05) is 6.07 Å². The van der Waals surface area contributed by atoms with Crippen LogP contribution in [0.5, 0.6) is 0 Å². The molecule has 1 aliphatic rings. The van der Waals surface area contributed by atoms with E-state index < -0.39 is 6.04 Å². The lowest BCUT2D eigenvalue weighted by atomic mass is 10.0. The number of hydrogen-bond donors (Lipinski definition) is 3. The van der Waals surface area contributed by atoms with Gasteiger partial charge in [-0.2, -0.15) is 0 Å². The first-order valence-electron chi connectivity index (χ1n) is 5.99. The van der Waals surface area contributed by atoms with E-state index in [1.54, 1.807) is 13.0 Å². The van der Waals surface area contributed by atoms with E-state index in [-0.39, 0.29) is 11.8 Å². The second kappa shape index (κ2) is 5.97. The van der Waals surface area contributed by atoms with Crippen LogP contribution in [0, 0.1) is 5.92 Å². The molecule has 0 spiro atoms. The van der Waals surface area contributed by atoms with Crippen molar-refractivity contribution >= 4 is 23.2 Å². The highest BCUT2D eigenvalue weighted by atomic mass is 32.1. The van der Waals surface area contributed by atoms with Gasteiger partial charge in [0.05, 0.1) is 4.88 Å². The Morgan fingerprint density at radius 1 is 1.56 bits per heavy atom. The standard InChI is InChI=1S/C12H17N3O2S/c1-8(11(16)14-7-9-5-13-6-9)15-12(17)10-3-2-4-18-10/h2-4,8-9,13H,5-7H2,1H3,(H,14,16)(H,15,17). The number of carbonyl (C=O) groups excluding carboxylic acids is 2. The van der Waals surface area contributed by atoms with Crippen LogP contribution in [-0.4, -0.2) is 37.5 Å². The summed E-state index contributed by atoms with van der Waals surface area (Å²) < 4.78 is 0. The predicted molar refractivity (Wildman–Crippen MR) is 70.6 cm³/mol. The fourth-order valence-electron chi connectivity index (χ4n) is 1.63. The van der Waals surface area contributed by atoms with Crippen molar-refractivity contribution in [3.63, 3.8) is 0 Å². The van der Waals surface area contributed by atoms with Gasteiger partial charge < -0.3 is 16.0 Å². The summed E-state index contributed by atoms with van der Waals surface area (Å²) in [5, 5.41) is 10.5. The largest absolute Gasteiger partial charge is 0.354 e. The van der Waals surface area contributed by atoms with E-state index >= 15 is 0 Å². The Morgan fingerprint density at radius 3 is 2.89 bits per heavy atom. The van der Waals surface area contributed by atoms with Gasteiger partial charge in [-0.15, -0.1) is 11.3 Å². The monoisotopic (exact) mass is 267 g/mol. The maximum absolute atomic E-state index is 11.7. The van der Waals surface area contributed by atoms with E-state index in [0.717, 1.165) is 13.1 Å². The van der Waals surface area contributed by atoms with Crippen LogP contribution in [-0.2, 0) is 4.79 Å². The molecule has 1 atom stereocenters. The highest BCUT2D eigenvalue weighted by Crippen LogP contribution is 2.08. The smallest absolute Gasteiger partial charge is 0.261 e. The molecule has 5 nitrogen and oxygen atoms in total. The van der Waals surface area contributed by atoms with Crippen molar-refractivity contribution in [2.75, 3.05) is 19.6 Å². The molecule has 2 amide bonds. The van der Waals surface area contributed by atoms with Crippen molar-refractivity contribution in [3.05, 3.63) is 22.4 Å².